The van der Waals surface area contributed by atoms with Crippen molar-refractivity contribution in [3.05, 3.63) is 71.9 Å². The summed E-state index contributed by atoms with van der Waals surface area (Å²) in [7, 11) is 0. The molecule has 4 rings (SSSR count). The van der Waals surface area contributed by atoms with E-state index in [4.69, 9.17) is 0 Å². The average Bonchev–Trinajstić information content (AvgIpc) is 3.60. The molecule has 1 aliphatic rings. The summed E-state index contributed by atoms with van der Waals surface area (Å²) >= 11 is 0. The zero-order chi connectivity index (χ0) is 32.9. The van der Waals surface area contributed by atoms with Gasteiger partial charge in [-0.05, 0) is 54.5 Å². The highest BCUT2D eigenvalue weighted by molar-refractivity contribution is 5.93. The van der Waals surface area contributed by atoms with Crippen LogP contribution in [0.15, 0.2) is 54.9 Å². The van der Waals surface area contributed by atoms with Crippen LogP contribution in [0.3, 0.4) is 0 Å². The molecule has 10 nitrogen and oxygen atoms in total. The van der Waals surface area contributed by atoms with E-state index in [1.54, 1.807) is 32.5 Å². The number of benzene rings is 1. The van der Waals surface area contributed by atoms with E-state index in [1.807, 2.05) is 59.0 Å². The number of pyridine rings is 1. The van der Waals surface area contributed by atoms with Gasteiger partial charge in [-0.3, -0.25) is 19.2 Å². The molecule has 45 heavy (non-hydrogen) atoms. The van der Waals surface area contributed by atoms with E-state index in [0.29, 0.717) is 31.5 Å². The number of rotatable bonds is 11. The highest BCUT2D eigenvalue weighted by Crippen LogP contribution is 2.27. The number of aromatic nitrogens is 2. The second-order valence-electron chi connectivity index (χ2n) is 13.1. The van der Waals surface area contributed by atoms with Crippen molar-refractivity contribution in [3.8, 4) is 0 Å². The van der Waals surface area contributed by atoms with E-state index in [0.717, 1.165) is 5.56 Å². The van der Waals surface area contributed by atoms with Crippen LogP contribution in [-0.2, 0) is 20.8 Å². The lowest BCUT2D eigenvalue weighted by atomic mass is 9.85. The van der Waals surface area contributed by atoms with Gasteiger partial charge in [-0.15, -0.1) is 0 Å². The molecule has 4 amide bonds. The second kappa shape index (κ2) is 14.2. The first-order valence-corrected chi connectivity index (χ1v) is 15.6. The third kappa shape index (κ3) is 8.46. The molecule has 0 aliphatic carbocycles. The van der Waals surface area contributed by atoms with Crippen molar-refractivity contribution in [2.45, 2.75) is 78.9 Å². The van der Waals surface area contributed by atoms with Gasteiger partial charge in [-0.25, -0.2) is 9.37 Å². The molecule has 2 aromatic heterocycles. The van der Waals surface area contributed by atoms with Crippen molar-refractivity contribution in [3.63, 3.8) is 0 Å². The summed E-state index contributed by atoms with van der Waals surface area (Å²) in [6.07, 6.45) is 5.04. The van der Waals surface area contributed by atoms with Crippen LogP contribution in [0, 0.1) is 17.2 Å². The summed E-state index contributed by atoms with van der Waals surface area (Å²) in [5, 5.41) is 5.93. The summed E-state index contributed by atoms with van der Waals surface area (Å²) in [6, 6.07) is 10.1. The van der Waals surface area contributed by atoms with Crippen LogP contribution in [-0.4, -0.2) is 80.6 Å². The SMILES string of the molecule is CC[C@@H](C)C(=O)N[C@H](C(=O)N1C[C@@H](NC(C)=O)C[C@H]1CN(CCc1ccc(F)cc1)C(=O)c1cn2ccccc2n1)C(C)(C)C. The van der Waals surface area contributed by atoms with E-state index in [9.17, 15) is 23.6 Å². The molecule has 0 radical (unpaired) electrons. The molecule has 0 unspecified atom stereocenters. The summed E-state index contributed by atoms with van der Waals surface area (Å²) in [5.41, 5.74) is 1.17. The van der Waals surface area contributed by atoms with E-state index in [-0.39, 0.29) is 60.2 Å². The Morgan fingerprint density at radius 3 is 2.44 bits per heavy atom. The molecule has 0 bridgehead atoms. The van der Waals surface area contributed by atoms with Crippen LogP contribution < -0.4 is 10.6 Å². The molecule has 1 fully saturated rings. The number of hydrogen-bond acceptors (Lipinski definition) is 5. The smallest absolute Gasteiger partial charge is 0.274 e. The van der Waals surface area contributed by atoms with E-state index in [1.165, 1.54) is 19.1 Å². The highest BCUT2D eigenvalue weighted by Gasteiger charge is 2.43. The van der Waals surface area contributed by atoms with Gasteiger partial charge < -0.3 is 24.8 Å². The monoisotopic (exact) mass is 620 g/mol. The molecule has 3 aromatic rings. The van der Waals surface area contributed by atoms with Gasteiger partial charge in [0, 0.05) is 50.9 Å². The molecule has 0 saturated carbocycles. The zero-order valence-electron chi connectivity index (χ0n) is 27.0. The maximum Gasteiger partial charge on any atom is 0.274 e. The Balaban J connectivity index is 1.65. The molecule has 11 heteroatoms. The first-order chi connectivity index (χ1) is 21.3. The average molecular weight is 621 g/mol. The van der Waals surface area contributed by atoms with Gasteiger partial charge in [-0.1, -0.05) is 52.8 Å². The number of halogens is 1. The predicted octanol–water partition coefficient (Wildman–Crippen LogP) is 3.84. The van der Waals surface area contributed by atoms with Gasteiger partial charge >= 0.3 is 0 Å². The van der Waals surface area contributed by atoms with Crippen LogP contribution in [0.4, 0.5) is 4.39 Å². The molecule has 3 heterocycles. The zero-order valence-corrected chi connectivity index (χ0v) is 27.0. The maximum atomic E-state index is 14.3. The Labute approximate surface area is 264 Å². The highest BCUT2D eigenvalue weighted by atomic mass is 19.1. The molecule has 1 saturated heterocycles. The summed E-state index contributed by atoms with van der Waals surface area (Å²) in [6.45, 7) is 11.7. The van der Waals surface area contributed by atoms with Crippen LogP contribution in [0.25, 0.3) is 5.65 Å². The number of fused-ring (bicyclic) bond motifs is 1. The minimum absolute atomic E-state index is 0.186. The number of carbonyl (C=O) groups excluding carboxylic acids is 4. The largest absolute Gasteiger partial charge is 0.352 e. The first-order valence-electron chi connectivity index (χ1n) is 15.6. The molecule has 242 valence electrons. The number of nitrogens with zero attached hydrogens (tertiary/aromatic N) is 4. The Morgan fingerprint density at radius 2 is 1.82 bits per heavy atom. The van der Waals surface area contributed by atoms with Crippen LogP contribution in [0.1, 0.15) is 70.4 Å². The predicted molar refractivity (Wildman–Crippen MR) is 170 cm³/mol. The number of carbonyl (C=O) groups is 4. The number of amides is 4. The summed E-state index contributed by atoms with van der Waals surface area (Å²) in [4.78, 5) is 61.2. The minimum atomic E-state index is -0.806. The topological polar surface area (TPSA) is 116 Å². The van der Waals surface area contributed by atoms with Gasteiger partial charge in [0.1, 0.15) is 23.2 Å². The van der Waals surface area contributed by atoms with Gasteiger partial charge in [0.2, 0.25) is 17.7 Å². The van der Waals surface area contributed by atoms with Crippen molar-refractivity contribution in [2.75, 3.05) is 19.6 Å². The van der Waals surface area contributed by atoms with E-state index < -0.39 is 17.5 Å². The number of hydrogen-bond donors (Lipinski definition) is 2. The molecule has 1 aliphatic heterocycles. The van der Waals surface area contributed by atoms with Crippen LogP contribution >= 0.6 is 0 Å². The third-order valence-electron chi connectivity index (χ3n) is 8.45. The van der Waals surface area contributed by atoms with Gasteiger partial charge in [0.15, 0.2) is 0 Å². The lowest BCUT2D eigenvalue weighted by Gasteiger charge is -2.37. The third-order valence-corrected chi connectivity index (χ3v) is 8.45. The lowest BCUT2D eigenvalue weighted by molar-refractivity contribution is -0.141. The number of likely N-dealkylation sites (tertiary alicyclic amines) is 1. The van der Waals surface area contributed by atoms with Crippen LogP contribution in [0.2, 0.25) is 0 Å². The molecular weight excluding hydrogens is 575 g/mol. The van der Waals surface area contributed by atoms with E-state index >= 15 is 0 Å². The maximum absolute atomic E-state index is 14.3. The minimum Gasteiger partial charge on any atom is -0.352 e. The van der Waals surface area contributed by atoms with E-state index in [2.05, 4.69) is 15.6 Å². The second-order valence-corrected chi connectivity index (χ2v) is 13.1. The van der Waals surface area contributed by atoms with Gasteiger partial charge in [0.05, 0.1) is 6.04 Å². The van der Waals surface area contributed by atoms with Gasteiger partial charge in [0.25, 0.3) is 5.91 Å². The first kappa shape index (κ1) is 33.6. The Hall–Kier alpha value is -4.28. The summed E-state index contributed by atoms with van der Waals surface area (Å²) in [5.74, 6) is -1.55. The van der Waals surface area contributed by atoms with Crippen molar-refractivity contribution < 1.29 is 23.6 Å². The lowest BCUT2D eigenvalue weighted by Crippen LogP contribution is -2.58. The fourth-order valence-electron chi connectivity index (χ4n) is 5.68. The molecule has 2 N–H and O–H groups in total. The Kier molecular flexibility index (Phi) is 10.6. The van der Waals surface area contributed by atoms with Crippen molar-refractivity contribution >= 4 is 29.3 Å². The Morgan fingerprint density at radius 1 is 1.11 bits per heavy atom. The molecule has 1 aromatic carbocycles. The quantitative estimate of drug-likeness (QED) is 0.338. The Bertz CT molecular complexity index is 1480. The molecular formula is C34H45FN6O4. The molecule has 0 spiro atoms. The van der Waals surface area contributed by atoms with Crippen molar-refractivity contribution in [2.24, 2.45) is 11.3 Å². The standard InChI is InChI=1S/C34H45FN6O4/c1-7-22(2)31(43)38-30(34(4,5)6)33(45)41-19-26(36-23(3)42)18-27(41)20-40(17-15-24-11-13-25(35)14-12-24)32(44)28-21-39-16-9-8-10-29(39)37-28/h8-14,16,21-22,26-27,30H,7,15,17-20H2,1-6H3,(H,36,42)(H,38,43)/t22-,26+,27+,30-/m1/s1. The fraction of sp³-hybridized carbons (Fsp3) is 0.500. The summed E-state index contributed by atoms with van der Waals surface area (Å²) < 4.78 is 15.4. The normalized spacial score (nSPS) is 18.0. The fourth-order valence-corrected chi connectivity index (χ4v) is 5.68. The molecule has 4 atom stereocenters. The van der Waals surface area contributed by atoms with Crippen molar-refractivity contribution in [1.82, 2.24) is 29.8 Å². The van der Waals surface area contributed by atoms with Gasteiger partial charge in [-0.2, -0.15) is 0 Å². The van der Waals surface area contributed by atoms with Crippen LogP contribution in [0.5, 0.6) is 0 Å². The number of nitrogens with one attached hydrogen (secondary N) is 2. The van der Waals surface area contributed by atoms with Crippen molar-refractivity contribution in [1.29, 1.82) is 0 Å². The number of imidazole rings is 1.